The van der Waals surface area contributed by atoms with Gasteiger partial charge >= 0.3 is 0 Å². The van der Waals surface area contributed by atoms with Crippen LogP contribution in [0, 0.1) is 5.82 Å². The second-order valence-electron chi connectivity index (χ2n) is 3.90. The Morgan fingerprint density at radius 3 is 2.50 bits per heavy atom. The molecule has 0 atom stereocenters. The Balaban J connectivity index is 1.89. The molecule has 94 valence electrons. The molecule has 2 aromatic rings. The van der Waals surface area contributed by atoms with Crippen LogP contribution in [0.4, 0.5) is 10.1 Å². The van der Waals surface area contributed by atoms with E-state index in [0.717, 1.165) is 11.3 Å². The summed E-state index contributed by atoms with van der Waals surface area (Å²) >= 11 is 3.25. The number of hydrazine groups is 1. The molecule has 0 aliphatic heterocycles. The molecule has 0 fully saturated rings. The average Bonchev–Trinajstić information content (AvgIpc) is 2.40. The molecule has 0 unspecified atom stereocenters. The number of anilines is 1. The molecular weight excluding hydrogens is 295 g/mol. The zero-order valence-electron chi connectivity index (χ0n) is 9.79. The topological polar surface area (TPSA) is 24.1 Å². The molecule has 0 bridgehead atoms. The fourth-order valence-corrected chi connectivity index (χ4v) is 2.03. The van der Waals surface area contributed by atoms with Gasteiger partial charge in [-0.3, -0.25) is 0 Å². The first-order chi connectivity index (χ1) is 8.79. The number of para-hydroxylation sites is 1. The number of nitrogens with one attached hydrogen (secondary N) is 2. The van der Waals surface area contributed by atoms with E-state index in [1.54, 1.807) is 12.1 Å². The maximum absolute atomic E-state index is 13.5. The van der Waals surface area contributed by atoms with Gasteiger partial charge in [0.2, 0.25) is 0 Å². The number of hydrogen-bond acceptors (Lipinski definition) is 2. The van der Waals surface area contributed by atoms with Gasteiger partial charge in [0.05, 0.1) is 0 Å². The van der Waals surface area contributed by atoms with Gasteiger partial charge in [-0.2, -0.15) is 0 Å². The van der Waals surface area contributed by atoms with Gasteiger partial charge in [-0.25, -0.2) is 9.82 Å². The molecular formula is C14H14BrFN2. The Bertz CT molecular complexity index is 502. The Morgan fingerprint density at radius 1 is 1.06 bits per heavy atom. The minimum Gasteiger partial charge on any atom is -0.321 e. The fourth-order valence-electron chi connectivity index (χ4n) is 1.58. The second kappa shape index (κ2) is 6.52. The normalized spacial score (nSPS) is 10.3. The first-order valence-corrected chi connectivity index (χ1v) is 6.79. The molecule has 0 aliphatic carbocycles. The molecule has 0 aromatic heterocycles. The van der Waals surface area contributed by atoms with Crippen molar-refractivity contribution in [3.05, 3.63) is 65.5 Å². The Kier molecular flexibility index (Phi) is 4.73. The standard InChI is InChI=1S/C14H14BrFN2/c15-9-12-7-6-11(8-14(12)16)10-17-18-13-4-2-1-3-5-13/h1-8,17-18H,9-10H2. The third-order valence-corrected chi connectivity index (χ3v) is 3.16. The lowest BCUT2D eigenvalue weighted by Gasteiger charge is -2.09. The van der Waals surface area contributed by atoms with Gasteiger partial charge in [-0.05, 0) is 29.3 Å². The zero-order valence-corrected chi connectivity index (χ0v) is 11.4. The predicted octanol–water partition coefficient (Wildman–Crippen LogP) is 3.84. The third kappa shape index (κ3) is 3.55. The Labute approximate surface area is 114 Å². The van der Waals surface area contributed by atoms with Gasteiger partial charge < -0.3 is 5.43 Å². The van der Waals surface area contributed by atoms with Crippen molar-refractivity contribution in [2.24, 2.45) is 0 Å². The first kappa shape index (κ1) is 13.1. The molecule has 0 heterocycles. The molecule has 0 amide bonds. The van der Waals surface area contributed by atoms with Crippen molar-refractivity contribution in [2.45, 2.75) is 11.9 Å². The van der Waals surface area contributed by atoms with Crippen LogP contribution in [0.1, 0.15) is 11.1 Å². The average molecular weight is 309 g/mol. The highest BCUT2D eigenvalue weighted by Gasteiger charge is 2.01. The summed E-state index contributed by atoms with van der Waals surface area (Å²) < 4.78 is 13.5. The van der Waals surface area contributed by atoms with E-state index in [9.17, 15) is 4.39 Å². The van der Waals surface area contributed by atoms with Crippen molar-refractivity contribution >= 4 is 21.6 Å². The molecule has 2 rings (SSSR count). The highest BCUT2D eigenvalue weighted by atomic mass is 79.9. The second-order valence-corrected chi connectivity index (χ2v) is 4.46. The number of benzene rings is 2. The molecule has 2 aromatic carbocycles. The molecule has 0 spiro atoms. The summed E-state index contributed by atoms with van der Waals surface area (Å²) in [5, 5.41) is 0.537. The van der Waals surface area contributed by atoms with Crippen molar-refractivity contribution in [1.29, 1.82) is 0 Å². The lowest BCUT2D eigenvalue weighted by Crippen LogP contribution is -2.20. The molecule has 18 heavy (non-hydrogen) atoms. The highest BCUT2D eigenvalue weighted by Crippen LogP contribution is 2.13. The van der Waals surface area contributed by atoms with Crippen LogP contribution in [0.5, 0.6) is 0 Å². The maximum Gasteiger partial charge on any atom is 0.127 e. The number of hydrogen-bond donors (Lipinski definition) is 2. The predicted molar refractivity (Wildman–Crippen MR) is 75.9 cm³/mol. The van der Waals surface area contributed by atoms with E-state index >= 15 is 0 Å². The first-order valence-electron chi connectivity index (χ1n) is 5.67. The monoisotopic (exact) mass is 308 g/mol. The SMILES string of the molecule is Fc1cc(CNNc2ccccc2)ccc1CBr. The van der Waals surface area contributed by atoms with Crippen LogP contribution in [-0.4, -0.2) is 0 Å². The van der Waals surface area contributed by atoms with Crippen LogP contribution >= 0.6 is 15.9 Å². The molecule has 2 nitrogen and oxygen atoms in total. The van der Waals surface area contributed by atoms with Gasteiger partial charge in [0.25, 0.3) is 0 Å². The summed E-state index contributed by atoms with van der Waals surface area (Å²) in [5.74, 6) is -0.175. The number of halogens is 2. The van der Waals surface area contributed by atoms with E-state index in [-0.39, 0.29) is 5.82 Å². The maximum atomic E-state index is 13.5. The van der Waals surface area contributed by atoms with Gasteiger partial charge in [0.15, 0.2) is 0 Å². The van der Waals surface area contributed by atoms with Crippen LogP contribution in [0.25, 0.3) is 0 Å². The van der Waals surface area contributed by atoms with E-state index in [2.05, 4.69) is 26.8 Å². The van der Waals surface area contributed by atoms with Crippen molar-refractivity contribution in [3.63, 3.8) is 0 Å². The lowest BCUT2D eigenvalue weighted by molar-refractivity contribution is 0.613. The summed E-state index contributed by atoms with van der Waals surface area (Å²) in [6, 6.07) is 15.0. The Hall–Kier alpha value is -1.39. The van der Waals surface area contributed by atoms with E-state index in [4.69, 9.17) is 0 Å². The van der Waals surface area contributed by atoms with Crippen LogP contribution in [0.15, 0.2) is 48.5 Å². The van der Waals surface area contributed by atoms with Crippen LogP contribution in [-0.2, 0) is 11.9 Å². The molecule has 0 radical (unpaired) electrons. The van der Waals surface area contributed by atoms with Crippen molar-refractivity contribution in [2.75, 3.05) is 5.43 Å². The summed E-state index contributed by atoms with van der Waals surface area (Å²) in [4.78, 5) is 0. The van der Waals surface area contributed by atoms with Crippen LogP contribution < -0.4 is 10.9 Å². The van der Waals surface area contributed by atoms with Crippen LogP contribution in [0.3, 0.4) is 0 Å². The Morgan fingerprint density at radius 2 is 1.83 bits per heavy atom. The quantitative estimate of drug-likeness (QED) is 0.648. The highest BCUT2D eigenvalue weighted by molar-refractivity contribution is 9.08. The van der Waals surface area contributed by atoms with E-state index < -0.39 is 0 Å². The fraction of sp³-hybridized carbons (Fsp3) is 0.143. The van der Waals surface area contributed by atoms with Gasteiger partial charge in [-0.1, -0.05) is 46.3 Å². The summed E-state index contributed by atoms with van der Waals surface area (Å²) in [6.45, 7) is 0.564. The van der Waals surface area contributed by atoms with E-state index in [1.165, 1.54) is 0 Å². The summed E-state index contributed by atoms with van der Waals surface area (Å²) in [7, 11) is 0. The van der Waals surface area contributed by atoms with Crippen molar-refractivity contribution in [1.82, 2.24) is 5.43 Å². The minimum atomic E-state index is -0.175. The summed E-state index contributed by atoms with van der Waals surface area (Å²) in [5.41, 5.74) is 8.67. The lowest BCUT2D eigenvalue weighted by atomic mass is 10.1. The molecule has 0 saturated heterocycles. The number of alkyl halides is 1. The molecule has 2 N–H and O–H groups in total. The van der Waals surface area contributed by atoms with Crippen molar-refractivity contribution in [3.8, 4) is 0 Å². The largest absolute Gasteiger partial charge is 0.321 e. The third-order valence-electron chi connectivity index (χ3n) is 2.56. The minimum absolute atomic E-state index is 0.175. The van der Waals surface area contributed by atoms with Gasteiger partial charge in [-0.15, -0.1) is 0 Å². The zero-order chi connectivity index (χ0) is 12.8. The smallest absolute Gasteiger partial charge is 0.127 e. The van der Waals surface area contributed by atoms with Crippen LogP contribution in [0.2, 0.25) is 0 Å². The van der Waals surface area contributed by atoms with Crippen molar-refractivity contribution < 1.29 is 4.39 Å². The summed E-state index contributed by atoms with van der Waals surface area (Å²) in [6.07, 6.45) is 0. The van der Waals surface area contributed by atoms with Gasteiger partial charge in [0.1, 0.15) is 5.82 Å². The molecule has 4 heteroatoms. The molecule has 0 aliphatic rings. The molecule has 0 saturated carbocycles. The van der Waals surface area contributed by atoms with E-state index in [1.807, 2.05) is 36.4 Å². The number of rotatable bonds is 5. The van der Waals surface area contributed by atoms with Gasteiger partial charge in [0, 0.05) is 17.6 Å². The van der Waals surface area contributed by atoms with E-state index in [0.29, 0.717) is 17.4 Å².